The Morgan fingerprint density at radius 3 is 2.43 bits per heavy atom. The van der Waals surface area contributed by atoms with Crippen molar-refractivity contribution in [3.8, 4) is 5.88 Å². The van der Waals surface area contributed by atoms with E-state index in [1.807, 2.05) is 4.90 Å². The summed E-state index contributed by atoms with van der Waals surface area (Å²) in [6.07, 6.45) is -3.23. The van der Waals surface area contributed by atoms with Gasteiger partial charge in [0.15, 0.2) is 0 Å². The molecule has 2 heterocycles. The molecule has 0 radical (unpaired) electrons. The summed E-state index contributed by atoms with van der Waals surface area (Å²) in [5.41, 5.74) is -1.81. The molecule has 12 heteroatoms. The Morgan fingerprint density at radius 2 is 1.86 bits per heavy atom. The standard InChI is InChI=1S/C16H15ClF3N5O3/c1-28-14-2-3-21-15(22-14)24-6-4-23(5-7-24)12-9-11(17)10(16(18,19)20)8-13(12)25(26)27/h2-3,8-9H,4-7H2,1H3. The second-order valence-corrected chi connectivity index (χ2v) is 6.36. The molecule has 150 valence electrons. The molecule has 0 spiro atoms. The summed E-state index contributed by atoms with van der Waals surface area (Å²) in [6.45, 7) is 1.48. The summed E-state index contributed by atoms with van der Waals surface area (Å²) in [7, 11) is 1.48. The maximum Gasteiger partial charge on any atom is 0.418 e. The van der Waals surface area contributed by atoms with Gasteiger partial charge in [-0.2, -0.15) is 18.2 Å². The molecule has 1 aliphatic rings. The lowest BCUT2D eigenvalue weighted by Gasteiger charge is -2.36. The molecule has 0 bridgehead atoms. The lowest BCUT2D eigenvalue weighted by Crippen LogP contribution is -2.47. The Bertz CT molecular complexity index is 888. The van der Waals surface area contributed by atoms with Crippen molar-refractivity contribution in [2.75, 3.05) is 43.1 Å². The average molecular weight is 418 g/mol. The minimum atomic E-state index is -4.78. The number of piperazine rings is 1. The smallest absolute Gasteiger partial charge is 0.418 e. The van der Waals surface area contributed by atoms with Crippen molar-refractivity contribution < 1.29 is 22.8 Å². The predicted octanol–water partition coefficient (Wildman–Crippen LogP) is 3.39. The third-order valence-electron chi connectivity index (χ3n) is 4.30. The molecular formula is C16H15ClF3N5O3. The van der Waals surface area contributed by atoms with Crippen LogP contribution in [0.25, 0.3) is 0 Å². The molecule has 1 fully saturated rings. The molecule has 1 saturated heterocycles. The Morgan fingerprint density at radius 1 is 1.21 bits per heavy atom. The van der Waals surface area contributed by atoms with Crippen LogP contribution >= 0.6 is 11.6 Å². The van der Waals surface area contributed by atoms with Crippen molar-refractivity contribution in [1.82, 2.24) is 9.97 Å². The third-order valence-corrected chi connectivity index (χ3v) is 4.61. The average Bonchev–Trinajstić information content (AvgIpc) is 2.66. The van der Waals surface area contributed by atoms with Gasteiger partial charge in [-0.1, -0.05) is 11.6 Å². The zero-order valence-corrected chi connectivity index (χ0v) is 15.4. The van der Waals surface area contributed by atoms with Crippen molar-refractivity contribution in [2.45, 2.75) is 6.18 Å². The van der Waals surface area contributed by atoms with Crippen molar-refractivity contribution >= 4 is 28.9 Å². The maximum absolute atomic E-state index is 13.0. The fourth-order valence-electron chi connectivity index (χ4n) is 2.91. The molecular weight excluding hydrogens is 403 g/mol. The number of methoxy groups -OCH3 is 1. The van der Waals surface area contributed by atoms with E-state index >= 15 is 0 Å². The van der Waals surface area contributed by atoms with Crippen LogP contribution in [0.2, 0.25) is 5.02 Å². The Kier molecular flexibility index (Phi) is 5.45. The SMILES string of the molecule is COc1ccnc(N2CCN(c3cc(Cl)c(C(F)(F)F)cc3[N+](=O)[O-])CC2)n1. The first kappa shape index (κ1) is 19.9. The molecule has 1 aromatic carbocycles. The van der Waals surface area contributed by atoms with Gasteiger partial charge in [0, 0.05) is 44.5 Å². The minimum absolute atomic E-state index is 0.0502. The van der Waals surface area contributed by atoms with E-state index in [0.717, 1.165) is 6.07 Å². The number of ether oxygens (including phenoxy) is 1. The van der Waals surface area contributed by atoms with Gasteiger partial charge in [0.2, 0.25) is 11.8 Å². The van der Waals surface area contributed by atoms with Gasteiger partial charge in [-0.05, 0) is 6.07 Å². The molecule has 0 N–H and O–H groups in total. The van der Waals surface area contributed by atoms with E-state index in [0.29, 0.717) is 44.1 Å². The molecule has 1 aromatic heterocycles. The van der Waals surface area contributed by atoms with Crippen LogP contribution in [-0.4, -0.2) is 48.2 Å². The number of aromatic nitrogens is 2. The molecule has 0 saturated carbocycles. The van der Waals surface area contributed by atoms with E-state index in [1.165, 1.54) is 7.11 Å². The van der Waals surface area contributed by atoms with E-state index in [1.54, 1.807) is 17.2 Å². The topological polar surface area (TPSA) is 84.6 Å². The monoisotopic (exact) mass is 417 g/mol. The van der Waals surface area contributed by atoms with E-state index in [9.17, 15) is 23.3 Å². The first-order valence-electron chi connectivity index (χ1n) is 8.12. The number of nitro groups is 1. The molecule has 8 nitrogen and oxygen atoms in total. The third kappa shape index (κ3) is 4.03. The highest BCUT2D eigenvalue weighted by Crippen LogP contribution is 2.41. The summed E-state index contributed by atoms with van der Waals surface area (Å²) >= 11 is 5.75. The first-order chi connectivity index (χ1) is 13.2. The number of halogens is 4. The van der Waals surface area contributed by atoms with Crippen molar-refractivity contribution in [1.29, 1.82) is 0 Å². The molecule has 0 aliphatic carbocycles. The summed E-state index contributed by atoms with van der Waals surface area (Å²) in [6, 6.07) is 3.09. The number of hydrogen-bond donors (Lipinski definition) is 0. The molecule has 0 amide bonds. The van der Waals surface area contributed by atoms with Crippen LogP contribution in [0.5, 0.6) is 5.88 Å². The van der Waals surface area contributed by atoms with E-state index in [-0.39, 0.29) is 5.69 Å². The number of benzene rings is 1. The summed E-state index contributed by atoms with van der Waals surface area (Å²) < 4.78 is 44.1. The molecule has 1 aliphatic heterocycles. The van der Waals surface area contributed by atoms with Crippen LogP contribution in [0.15, 0.2) is 24.4 Å². The lowest BCUT2D eigenvalue weighted by molar-refractivity contribution is -0.384. The number of rotatable bonds is 4. The number of nitrogens with zero attached hydrogens (tertiary/aromatic N) is 5. The van der Waals surface area contributed by atoms with Gasteiger partial charge in [-0.25, -0.2) is 4.98 Å². The minimum Gasteiger partial charge on any atom is -0.481 e. The summed E-state index contributed by atoms with van der Waals surface area (Å²) in [5.74, 6) is 0.844. The van der Waals surface area contributed by atoms with Crippen LogP contribution in [0.1, 0.15) is 5.56 Å². The summed E-state index contributed by atoms with van der Waals surface area (Å²) in [4.78, 5) is 22.4. The van der Waals surface area contributed by atoms with Crippen LogP contribution in [0.4, 0.5) is 30.5 Å². The van der Waals surface area contributed by atoms with E-state index < -0.39 is 27.4 Å². The molecule has 0 unspecified atom stereocenters. The van der Waals surface area contributed by atoms with Gasteiger partial charge < -0.3 is 14.5 Å². The van der Waals surface area contributed by atoms with Crippen molar-refractivity contribution in [3.05, 3.63) is 45.1 Å². The zero-order valence-electron chi connectivity index (χ0n) is 14.6. The number of anilines is 2. The number of alkyl halides is 3. The molecule has 0 atom stereocenters. The fourth-order valence-corrected chi connectivity index (χ4v) is 3.18. The van der Waals surface area contributed by atoms with E-state index in [2.05, 4.69) is 9.97 Å². The highest BCUT2D eigenvalue weighted by molar-refractivity contribution is 6.31. The molecule has 2 aromatic rings. The van der Waals surface area contributed by atoms with Crippen molar-refractivity contribution in [3.63, 3.8) is 0 Å². The van der Waals surface area contributed by atoms with Gasteiger partial charge in [-0.15, -0.1) is 0 Å². The highest BCUT2D eigenvalue weighted by atomic mass is 35.5. The maximum atomic E-state index is 13.0. The van der Waals surface area contributed by atoms with E-state index in [4.69, 9.17) is 16.3 Å². The largest absolute Gasteiger partial charge is 0.481 e. The second kappa shape index (κ2) is 7.66. The Balaban J connectivity index is 1.83. The fraction of sp³-hybridized carbons (Fsp3) is 0.375. The summed E-state index contributed by atoms with van der Waals surface area (Å²) in [5, 5.41) is 10.8. The molecule has 28 heavy (non-hydrogen) atoms. The second-order valence-electron chi connectivity index (χ2n) is 5.95. The number of hydrogen-bond acceptors (Lipinski definition) is 7. The van der Waals surface area contributed by atoms with Crippen LogP contribution < -0.4 is 14.5 Å². The van der Waals surface area contributed by atoms with Gasteiger partial charge in [-0.3, -0.25) is 10.1 Å². The molecule has 3 rings (SSSR count). The van der Waals surface area contributed by atoms with Gasteiger partial charge in [0.05, 0.1) is 22.6 Å². The quantitative estimate of drug-likeness (QED) is 0.556. The van der Waals surface area contributed by atoms with Crippen LogP contribution in [0, 0.1) is 10.1 Å². The lowest BCUT2D eigenvalue weighted by atomic mass is 10.1. The highest BCUT2D eigenvalue weighted by Gasteiger charge is 2.37. The van der Waals surface area contributed by atoms with Crippen molar-refractivity contribution in [2.24, 2.45) is 0 Å². The number of nitro benzene ring substituents is 1. The van der Waals surface area contributed by atoms with Crippen LogP contribution in [0.3, 0.4) is 0 Å². The zero-order chi connectivity index (χ0) is 20.5. The van der Waals surface area contributed by atoms with Gasteiger partial charge >= 0.3 is 6.18 Å². The van der Waals surface area contributed by atoms with Gasteiger partial charge in [0.1, 0.15) is 5.69 Å². The first-order valence-corrected chi connectivity index (χ1v) is 8.50. The normalized spacial score (nSPS) is 14.9. The van der Waals surface area contributed by atoms with Gasteiger partial charge in [0.25, 0.3) is 5.69 Å². The Hall–Kier alpha value is -2.82. The Labute approximate surface area is 162 Å². The van der Waals surface area contributed by atoms with Crippen LogP contribution in [-0.2, 0) is 6.18 Å². The predicted molar refractivity (Wildman–Crippen MR) is 96.1 cm³/mol.